The Hall–Kier alpha value is -4.19. The number of anilines is 1. The van der Waals surface area contributed by atoms with Gasteiger partial charge in [-0.2, -0.15) is 4.58 Å². The minimum Gasteiger partial charge on any atom is -0.481 e. The molecule has 2 aliphatic rings. The highest BCUT2D eigenvalue weighted by Crippen LogP contribution is 2.48. The van der Waals surface area contributed by atoms with Gasteiger partial charge in [0.2, 0.25) is 5.69 Å². The van der Waals surface area contributed by atoms with Gasteiger partial charge < -0.3 is 15.1 Å². The second kappa shape index (κ2) is 15.6. The Morgan fingerprint density at radius 1 is 0.723 bits per heavy atom. The molecule has 250 valence electrons. The average Bonchev–Trinajstić information content (AvgIpc) is 3.33. The van der Waals surface area contributed by atoms with Gasteiger partial charge in [0.25, 0.3) is 0 Å². The van der Waals surface area contributed by atoms with E-state index < -0.39 is 11.9 Å². The van der Waals surface area contributed by atoms with Gasteiger partial charge in [0.1, 0.15) is 6.54 Å². The van der Waals surface area contributed by atoms with Crippen molar-refractivity contribution in [1.29, 1.82) is 0 Å². The van der Waals surface area contributed by atoms with Crippen LogP contribution in [-0.2, 0) is 20.4 Å². The monoisotopic (exact) mass is 637 g/mol. The number of allylic oxidation sites excluding steroid dienone is 8. The molecule has 6 nitrogen and oxygen atoms in total. The Labute approximate surface area is 281 Å². The predicted molar refractivity (Wildman–Crippen MR) is 193 cm³/mol. The van der Waals surface area contributed by atoms with Gasteiger partial charge in [0, 0.05) is 60.3 Å². The summed E-state index contributed by atoms with van der Waals surface area (Å²) in [6.07, 6.45) is 20.4. The van der Waals surface area contributed by atoms with Crippen molar-refractivity contribution in [2.45, 2.75) is 104 Å². The lowest BCUT2D eigenvalue weighted by Crippen LogP contribution is -2.28. The van der Waals surface area contributed by atoms with E-state index in [-0.39, 0.29) is 23.7 Å². The van der Waals surface area contributed by atoms with E-state index >= 15 is 0 Å². The molecule has 0 saturated heterocycles. The number of carboxylic acids is 2. The van der Waals surface area contributed by atoms with Crippen LogP contribution in [0.25, 0.3) is 0 Å². The molecule has 0 unspecified atom stereocenters. The molecule has 0 radical (unpaired) electrons. The molecule has 0 saturated carbocycles. The average molecular weight is 638 g/mol. The van der Waals surface area contributed by atoms with Crippen LogP contribution in [0.5, 0.6) is 0 Å². The predicted octanol–water partition coefficient (Wildman–Crippen LogP) is 9.32. The molecule has 2 aromatic carbocycles. The number of nitrogens with zero attached hydrogens (tertiary/aromatic N) is 2. The fourth-order valence-electron chi connectivity index (χ4n) is 6.99. The Morgan fingerprint density at radius 3 is 2.00 bits per heavy atom. The molecule has 0 bridgehead atoms. The number of aryl methyl sites for hydroxylation is 2. The molecule has 2 N–H and O–H groups in total. The SMILES string of the molecule is Cc1ccc2c(c1)C(C)(C)C(=CC=CC=CC=CC1=[N+](CCCCCC(=O)O)c3ccc(C)cc3C1(C)C)N2CCCCCC(=O)O. The standard InChI is InChI=1S/C41H52N2O4/c1-30-22-24-34-32(28-30)40(3,4)36(42(34)26-16-10-14-20-38(44)45)18-12-8-7-9-13-19-37-41(5,6)33-29-31(2)23-25-35(33)43(37)27-17-11-15-21-39(46)47/h7-9,12-13,18-19,22-25,28-29H,10-11,14-17,20-21,26-27H2,1-6H3,(H-,44,45,46,47)/p+1. The number of rotatable bonds is 16. The van der Waals surface area contributed by atoms with Gasteiger partial charge >= 0.3 is 11.9 Å². The third-order valence-corrected chi connectivity index (χ3v) is 9.59. The number of hydrogen-bond acceptors (Lipinski definition) is 3. The minimum absolute atomic E-state index is 0.133. The van der Waals surface area contributed by atoms with Crippen molar-refractivity contribution in [3.63, 3.8) is 0 Å². The maximum Gasteiger partial charge on any atom is 0.303 e. The van der Waals surface area contributed by atoms with Gasteiger partial charge in [-0.25, -0.2) is 0 Å². The van der Waals surface area contributed by atoms with Crippen LogP contribution in [0.4, 0.5) is 11.4 Å². The zero-order chi connectivity index (χ0) is 34.2. The van der Waals surface area contributed by atoms with Crippen molar-refractivity contribution < 1.29 is 24.4 Å². The summed E-state index contributed by atoms with van der Waals surface area (Å²) in [4.78, 5) is 24.3. The molecule has 0 aromatic heterocycles. The van der Waals surface area contributed by atoms with Crippen LogP contribution in [0, 0.1) is 13.8 Å². The van der Waals surface area contributed by atoms with E-state index in [2.05, 4.69) is 130 Å². The lowest BCUT2D eigenvalue weighted by atomic mass is 9.81. The van der Waals surface area contributed by atoms with Crippen LogP contribution in [0.1, 0.15) is 101 Å². The minimum atomic E-state index is -0.727. The van der Waals surface area contributed by atoms with E-state index in [0.29, 0.717) is 12.8 Å². The molecule has 47 heavy (non-hydrogen) atoms. The van der Waals surface area contributed by atoms with Gasteiger partial charge in [-0.15, -0.1) is 0 Å². The van der Waals surface area contributed by atoms with Crippen molar-refractivity contribution in [3.05, 3.63) is 107 Å². The fraction of sp³-hybridized carbons (Fsp3) is 0.439. The molecule has 2 aromatic rings. The first-order valence-electron chi connectivity index (χ1n) is 17.1. The van der Waals surface area contributed by atoms with Gasteiger partial charge in [0.15, 0.2) is 5.71 Å². The first kappa shape index (κ1) is 35.7. The third kappa shape index (κ3) is 8.59. The maximum atomic E-state index is 11.0. The van der Waals surface area contributed by atoms with Crippen molar-refractivity contribution in [3.8, 4) is 0 Å². The molecule has 2 heterocycles. The van der Waals surface area contributed by atoms with E-state index in [1.54, 1.807) is 0 Å². The molecule has 0 atom stereocenters. The molecule has 4 rings (SSSR count). The normalized spacial score (nSPS) is 17.5. The van der Waals surface area contributed by atoms with E-state index in [1.165, 1.54) is 45.0 Å². The zero-order valence-corrected chi connectivity index (χ0v) is 29.2. The number of aliphatic carboxylic acids is 2. The Balaban J connectivity index is 1.49. The number of hydrogen-bond donors (Lipinski definition) is 2. The molecule has 2 aliphatic heterocycles. The number of carbonyl (C=O) groups is 2. The molecular weight excluding hydrogens is 584 g/mol. The van der Waals surface area contributed by atoms with Crippen LogP contribution < -0.4 is 4.90 Å². The Bertz CT molecular complexity index is 1620. The summed E-state index contributed by atoms with van der Waals surface area (Å²) in [5.41, 5.74) is 9.91. The summed E-state index contributed by atoms with van der Waals surface area (Å²) < 4.78 is 2.41. The van der Waals surface area contributed by atoms with Gasteiger partial charge in [-0.05, 0) is 77.2 Å². The number of benzene rings is 2. The van der Waals surface area contributed by atoms with Crippen molar-refractivity contribution >= 4 is 29.0 Å². The zero-order valence-electron chi connectivity index (χ0n) is 29.2. The lowest BCUT2D eigenvalue weighted by Gasteiger charge is -2.27. The smallest absolute Gasteiger partial charge is 0.303 e. The van der Waals surface area contributed by atoms with E-state index in [0.717, 1.165) is 38.8 Å². The van der Waals surface area contributed by atoms with E-state index in [9.17, 15) is 9.59 Å². The summed E-state index contributed by atoms with van der Waals surface area (Å²) in [5.74, 6) is -1.45. The summed E-state index contributed by atoms with van der Waals surface area (Å²) in [7, 11) is 0. The molecule has 0 aliphatic carbocycles. The molecule has 6 heteroatoms. The number of unbranched alkanes of at least 4 members (excludes halogenated alkanes) is 4. The summed E-state index contributed by atoms with van der Waals surface area (Å²) >= 11 is 0. The van der Waals surface area contributed by atoms with Gasteiger partial charge in [-0.3, -0.25) is 9.59 Å². The maximum absolute atomic E-state index is 11.0. The van der Waals surface area contributed by atoms with Gasteiger partial charge in [-0.1, -0.05) is 80.0 Å². The molecular formula is C41H53N2O4+. The lowest BCUT2D eigenvalue weighted by molar-refractivity contribution is -0.438. The highest BCUT2D eigenvalue weighted by atomic mass is 16.4. The van der Waals surface area contributed by atoms with Crippen LogP contribution >= 0.6 is 0 Å². The van der Waals surface area contributed by atoms with Gasteiger partial charge in [0.05, 0.1) is 5.41 Å². The first-order chi connectivity index (χ1) is 22.3. The third-order valence-electron chi connectivity index (χ3n) is 9.59. The highest BCUT2D eigenvalue weighted by Gasteiger charge is 2.44. The van der Waals surface area contributed by atoms with Crippen LogP contribution in [0.2, 0.25) is 0 Å². The highest BCUT2D eigenvalue weighted by molar-refractivity contribution is 6.03. The Morgan fingerprint density at radius 2 is 1.32 bits per heavy atom. The second-order valence-corrected chi connectivity index (χ2v) is 14.1. The summed E-state index contributed by atoms with van der Waals surface area (Å²) in [6, 6.07) is 13.4. The summed E-state index contributed by atoms with van der Waals surface area (Å²) in [5, 5.41) is 18.0. The molecule has 0 spiro atoms. The molecule has 0 amide bonds. The van der Waals surface area contributed by atoms with E-state index in [4.69, 9.17) is 10.2 Å². The van der Waals surface area contributed by atoms with Crippen molar-refractivity contribution in [1.82, 2.24) is 0 Å². The Kier molecular flexibility index (Phi) is 11.8. The van der Waals surface area contributed by atoms with Crippen LogP contribution in [0.3, 0.4) is 0 Å². The first-order valence-corrected chi connectivity index (χ1v) is 17.1. The summed E-state index contributed by atoms with van der Waals surface area (Å²) in [6.45, 7) is 15.1. The number of carboxylic acid groups (broad SMARTS) is 2. The molecule has 0 fully saturated rings. The largest absolute Gasteiger partial charge is 0.481 e. The van der Waals surface area contributed by atoms with Crippen molar-refractivity contribution in [2.75, 3.05) is 18.0 Å². The van der Waals surface area contributed by atoms with E-state index in [1.807, 2.05) is 0 Å². The number of fused-ring (bicyclic) bond motifs is 2. The fourth-order valence-corrected chi connectivity index (χ4v) is 6.99. The van der Waals surface area contributed by atoms with Crippen molar-refractivity contribution in [2.24, 2.45) is 0 Å². The van der Waals surface area contributed by atoms with Crippen LogP contribution in [-0.4, -0.2) is 45.5 Å². The topological polar surface area (TPSA) is 80.9 Å². The van der Waals surface area contributed by atoms with Crippen LogP contribution in [0.15, 0.2) is 84.6 Å². The second-order valence-electron chi connectivity index (χ2n) is 14.1. The quantitative estimate of drug-likeness (QED) is 0.109.